The Balaban J connectivity index is 0.000000500. The highest BCUT2D eigenvalue weighted by molar-refractivity contribution is 5.49. The highest BCUT2D eigenvalue weighted by atomic mass is 16.7. The maximum Gasteiger partial charge on any atom is 0.246 e. The van der Waals surface area contributed by atoms with E-state index in [4.69, 9.17) is 67.8 Å². The van der Waals surface area contributed by atoms with Crippen molar-refractivity contribution in [2.75, 3.05) is 21.3 Å². The zero-order valence-electron chi connectivity index (χ0n) is 84.6. The summed E-state index contributed by atoms with van der Waals surface area (Å²) in [5.41, 5.74) is 8.51. The molecule has 1 aliphatic heterocycles. The van der Waals surface area contributed by atoms with E-state index in [9.17, 15) is 20.4 Å². The number of phenols is 8. The van der Waals surface area contributed by atoms with E-state index in [-0.39, 0.29) is 80.3 Å². The molecule has 0 bridgehead atoms. The second-order valence-electron chi connectivity index (χ2n) is 39.3. The van der Waals surface area contributed by atoms with Crippen molar-refractivity contribution in [3.63, 3.8) is 0 Å². The lowest BCUT2D eigenvalue weighted by atomic mass is 9.95. The van der Waals surface area contributed by atoms with Crippen LogP contribution in [0.3, 0.4) is 0 Å². The summed E-state index contributed by atoms with van der Waals surface area (Å²) in [5.74, 6) is 8.80. The zero-order valence-corrected chi connectivity index (χ0v) is 84.6. The van der Waals surface area contributed by atoms with E-state index in [1.807, 2.05) is 95.3 Å². The van der Waals surface area contributed by atoms with Gasteiger partial charge in [-0.3, -0.25) is 0 Å². The van der Waals surface area contributed by atoms with Crippen molar-refractivity contribution in [2.45, 2.75) is 363 Å². The predicted octanol–water partition coefficient (Wildman–Crippen LogP) is 30.3. The van der Waals surface area contributed by atoms with E-state index in [0.29, 0.717) is 70.3 Å². The van der Waals surface area contributed by atoms with E-state index in [1.54, 1.807) is 57.7 Å². The van der Waals surface area contributed by atoms with Gasteiger partial charge in [0, 0.05) is 51.4 Å². The van der Waals surface area contributed by atoms with Gasteiger partial charge in [0.15, 0.2) is 80.5 Å². The molecule has 1 aliphatic rings. The van der Waals surface area contributed by atoms with Gasteiger partial charge in [-0.25, -0.2) is 0 Å². The zero-order chi connectivity index (χ0) is 97.0. The van der Waals surface area contributed by atoms with Crippen LogP contribution in [0, 0.1) is 16.2 Å². The molecule has 11 unspecified atom stereocenters. The molecule has 0 aliphatic carbocycles. The first kappa shape index (κ1) is 114. The van der Waals surface area contributed by atoms with E-state index in [0.717, 1.165) is 96.6 Å². The molecule has 0 amide bonds. The third kappa shape index (κ3) is 40.1. The number of hydrogen-bond donors (Lipinski definition) is 8. The number of methoxy groups -OCH3 is 3. The van der Waals surface area contributed by atoms with Gasteiger partial charge in [-0.15, -0.1) is 0 Å². The monoisotopic (exact) mass is 1770 g/mol. The van der Waals surface area contributed by atoms with Gasteiger partial charge in [0.2, 0.25) is 24.7 Å². The minimum atomic E-state index is -0.517. The van der Waals surface area contributed by atoms with Crippen LogP contribution in [0.15, 0.2) is 152 Å². The first-order valence-corrected chi connectivity index (χ1v) is 45.9. The number of aromatic hydroxyl groups is 8. The molecule has 0 saturated heterocycles. The van der Waals surface area contributed by atoms with E-state index < -0.39 is 12.1 Å². The summed E-state index contributed by atoms with van der Waals surface area (Å²) in [6, 6.07) is 46.6. The van der Waals surface area contributed by atoms with Crippen LogP contribution in [0.5, 0.6) is 86.2 Å². The first-order valence-electron chi connectivity index (χ1n) is 45.9. The van der Waals surface area contributed by atoms with Gasteiger partial charge in [0.05, 0.1) is 0 Å². The molecule has 0 fully saturated rings. The highest BCUT2D eigenvalue weighted by Gasteiger charge is 2.34. The fraction of sp³-hybridized carbons (Fsp3) is 0.560. The Labute approximate surface area is 767 Å². The van der Waals surface area contributed by atoms with Crippen LogP contribution in [0.2, 0.25) is 0 Å². The summed E-state index contributed by atoms with van der Waals surface area (Å²) in [7, 11) is 4.94. The van der Waals surface area contributed by atoms with Gasteiger partial charge < -0.3 is 88.2 Å². The molecular formula is C109H168O18. The van der Waals surface area contributed by atoms with Gasteiger partial charge >= 0.3 is 0 Å². The van der Waals surface area contributed by atoms with Crippen LogP contribution in [-0.4, -0.2) is 98.0 Å². The quantitative estimate of drug-likeness (QED) is 0.0176. The maximum absolute atomic E-state index is 10.1. The molecule has 127 heavy (non-hydrogen) atoms. The predicted molar refractivity (Wildman–Crippen MR) is 523 cm³/mol. The average molecular weight is 1770 g/mol. The van der Waals surface area contributed by atoms with Gasteiger partial charge in [0.25, 0.3) is 0 Å². The number of ether oxygens (including phenoxy) is 10. The summed E-state index contributed by atoms with van der Waals surface area (Å²) in [6.07, 6.45) is 7.45. The van der Waals surface area contributed by atoms with Crippen LogP contribution < -0.4 is 33.2 Å². The number of hydrogen-bond acceptors (Lipinski definition) is 18. The smallest absolute Gasteiger partial charge is 0.246 e. The lowest BCUT2D eigenvalue weighted by Crippen LogP contribution is -2.35. The SMILES string of the molecule is CCC(C)c1ccc(O)c(O)c1.CCC(C)c1ccc(O)c(O)c1.CCC(C)c1ccc(O)c(O)c1.CCC(C)c1ccc(O)cc1.CCC(C)c1ccc(OC(C)(C)C)c(OC(C)(C)C)c1.CCC(C)c1ccc(OC(OC)C(C)(C)C)c(O)c1.CCC(C)c1ccc(OC(OC)C(C)(C)C)c(OC(OC)C(C)(C)C)c1.CCC(C)c1ccc2c(c1)OC(C)(C)O2. The van der Waals surface area contributed by atoms with Crippen LogP contribution in [0.4, 0.5) is 0 Å². The van der Waals surface area contributed by atoms with Crippen molar-refractivity contribution in [2.24, 2.45) is 16.2 Å². The van der Waals surface area contributed by atoms with Gasteiger partial charge in [-0.2, -0.15) is 0 Å². The molecule has 712 valence electrons. The van der Waals surface area contributed by atoms with Crippen LogP contribution in [0.25, 0.3) is 0 Å². The Morgan fingerprint density at radius 1 is 0.260 bits per heavy atom. The Hall–Kier alpha value is -9.36. The molecule has 11 atom stereocenters. The molecule has 0 aromatic heterocycles. The number of rotatable bonds is 27. The van der Waals surface area contributed by atoms with Crippen molar-refractivity contribution in [3.05, 3.63) is 196 Å². The van der Waals surface area contributed by atoms with E-state index in [2.05, 4.69) is 230 Å². The molecule has 8 N–H and O–H groups in total. The number of phenolic OH excluding ortho intramolecular Hbond substituents is 8. The molecule has 8 aromatic rings. The Morgan fingerprint density at radius 2 is 0.504 bits per heavy atom. The minimum absolute atomic E-state index is 0.0344. The normalized spacial score (nSPS) is 14.7. The average Bonchev–Trinajstić information content (AvgIpc) is 1.56. The third-order valence-corrected chi connectivity index (χ3v) is 22.2. The Bertz CT molecular complexity index is 4320. The topological polar surface area (TPSA) is 254 Å². The fourth-order valence-corrected chi connectivity index (χ4v) is 12.5. The summed E-state index contributed by atoms with van der Waals surface area (Å²) in [5, 5.41) is 73.8. The van der Waals surface area contributed by atoms with Gasteiger partial charge in [-0.1, -0.05) is 228 Å². The Kier molecular flexibility index (Phi) is 47.4. The van der Waals surface area contributed by atoms with E-state index >= 15 is 0 Å². The van der Waals surface area contributed by atoms with Gasteiger partial charge in [0.1, 0.15) is 17.0 Å². The molecule has 9 rings (SSSR count). The number of benzene rings is 8. The molecule has 0 saturated carbocycles. The molecule has 0 radical (unpaired) electrons. The summed E-state index contributed by atoms with van der Waals surface area (Å²) in [6.45, 7) is 69.2. The van der Waals surface area contributed by atoms with Crippen LogP contribution >= 0.6 is 0 Å². The van der Waals surface area contributed by atoms with Crippen LogP contribution in [0.1, 0.15) is 372 Å². The van der Waals surface area contributed by atoms with Gasteiger partial charge in [-0.05, 0) is 282 Å². The fourth-order valence-electron chi connectivity index (χ4n) is 12.5. The van der Waals surface area contributed by atoms with Crippen molar-refractivity contribution < 1.29 is 88.2 Å². The largest absolute Gasteiger partial charge is 0.508 e. The highest BCUT2D eigenvalue weighted by Crippen LogP contribution is 2.44. The lowest BCUT2D eigenvalue weighted by molar-refractivity contribution is -0.134. The van der Waals surface area contributed by atoms with Crippen molar-refractivity contribution in [1.82, 2.24) is 0 Å². The second-order valence-corrected chi connectivity index (χ2v) is 39.3. The van der Waals surface area contributed by atoms with Crippen molar-refractivity contribution >= 4 is 0 Å². The summed E-state index contributed by atoms with van der Waals surface area (Å²) >= 11 is 0. The number of fused-ring (bicyclic) bond motifs is 1. The van der Waals surface area contributed by atoms with Crippen LogP contribution in [-0.2, 0) is 14.2 Å². The minimum Gasteiger partial charge on any atom is -0.508 e. The molecule has 1 heterocycles. The first-order chi connectivity index (χ1) is 58.9. The third-order valence-electron chi connectivity index (χ3n) is 22.2. The van der Waals surface area contributed by atoms with Crippen molar-refractivity contribution in [3.8, 4) is 86.2 Å². The molecule has 0 spiro atoms. The molecule has 18 nitrogen and oxygen atoms in total. The molecular weight excluding hydrogens is 1600 g/mol. The molecule has 18 heteroatoms. The summed E-state index contributed by atoms with van der Waals surface area (Å²) in [4.78, 5) is 0. The maximum atomic E-state index is 10.1. The molecule has 8 aromatic carbocycles. The summed E-state index contributed by atoms with van der Waals surface area (Å²) < 4.78 is 58.1. The standard InChI is InChI=1S/C22H38O4.C18H30O2.C16H26O3.C13H18O2.3C10H14O2.C10H14O/c1-11-15(2)16-12-13-17(25-19(23-9)21(3,4)5)18(14-16)26-20(24-10)22(6,7)8;1-9-13(2)14-10-11-15(19-17(3,4)5)16(12-14)20-18(6,7)8;1-7-11(2)12-8-9-14(13(17)10-12)19-15(18-6)16(3,4)5;1-5-9(2)10-6-7-11-12(8-10)15-13(3,4)14-11;3*1-3-7(2)8-4-5-9(11)10(12)6-8;1-3-8(2)9-4-6-10(11)7-5-9/h12-15,19-20H,11H2,1-10H3;10-13H,9H2,1-8H3;8-11,15,17H,7H2,1-6H3;6-9H,5H2,1-4H3;3*4-7,11-12H,3H2,1-2H3;4-8,11H,3H2,1-2H3. The second kappa shape index (κ2) is 52.9. The Morgan fingerprint density at radius 3 is 0.811 bits per heavy atom. The van der Waals surface area contributed by atoms with Crippen molar-refractivity contribution in [1.29, 1.82) is 0 Å². The van der Waals surface area contributed by atoms with E-state index in [1.165, 1.54) is 40.5 Å². The lowest BCUT2D eigenvalue weighted by Gasteiger charge is -2.33.